The molecule has 1 N–H and O–H groups in total. The molecule has 0 aromatic carbocycles. The highest BCUT2D eigenvalue weighted by atomic mass is 16.3. The normalized spacial score (nSPS) is 48.8. The lowest BCUT2D eigenvalue weighted by atomic mass is 9.49. The molecule has 0 aromatic rings. The van der Waals surface area contributed by atoms with Crippen LogP contribution in [0.2, 0.25) is 0 Å². The third-order valence-corrected chi connectivity index (χ3v) is 7.25. The maximum atomic E-state index is 12.5. The van der Waals surface area contributed by atoms with E-state index in [1.807, 2.05) is 6.92 Å². The number of fused-ring (bicyclic) bond motifs is 5. The fourth-order valence-electron chi connectivity index (χ4n) is 6.24. The Labute approximate surface area is 137 Å². The van der Waals surface area contributed by atoms with Crippen LogP contribution in [0.1, 0.15) is 45.4 Å². The Morgan fingerprint density at radius 3 is 2.78 bits per heavy atom. The zero-order valence-corrected chi connectivity index (χ0v) is 13.6. The summed E-state index contributed by atoms with van der Waals surface area (Å²) in [5.41, 5.74) is 0.749. The predicted octanol–water partition coefficient (Wildman–Crippen LogP) is 2.53. The molecule has 0 aliphatic heterocycles. The first-order valence-corrected chi connectivity index (χ1v) is 8.86. The Balaban J connectivity index is 1.78. The quantitative estimate of drug-likeness (QED) is 0.699. The molecule has 122 valence electrons. The van der Waals surface area contributed by atoms with Crippen LogP contribution in [-0.2, 0) is 9.59 Å². The maximum Gasteiger partial charge on any atom is 0.155 e. The van der Waals surface area contributed by atoms with Gasteiger partial charge in [0.1, 0.15) is 5.78 Å². The second kappa shape index (κ2) is 5.05. The summed E-state index contributed by atoms with van der Waals surface area (Å²) in [6.07, 6.45) is 11.4. The maximum absolute atomic E-state index is 12.5. The van der Waals surface area contributed by atoms with E-state index in [2.05, 4.69) is 5.92 Å². The molecule has 0 spiro atoms. The average Bonchev–Trinajstić information content (AvgIpc) is 2.81. The van der Waals surface area contributed by atoms with Crippen molar-refractivity contribution in [2.45, 2.75) is 51.6 Å². The minimum Gasteiger partial charge on any atom is -0.393 e. The van der Waals surface area contributed by atoms with E-state index >= 15 is 0 Å². The average molecular weight is 312 g/mol. The molecule has 4 rings (SSSR count). The van der Waals surface area contributed by atoms with Gasteiger partial charge in [0, 0.05) is 24.2 Å². The van der Waals surface area contributed by atoms with Crippen molar-refractivity contribution in [2.75, 3.05) is 0 Å². The molecule has 0 saturated heterocycles. The van der Waals surface area contributed by atoms with Gasteiger partial charge in [-0.1, -0.05) is 12.5 Å². The van der Waals surface area contributed by atoms with Gasteiger partial charge in [-0.25, -0.2) is 0 Å². The van der Waals surface area contributed by atoms with Crippen LogP contribution in [0.3, 0.4) is 0 Å². The Morgan fingerprint density at radius 1 is 1.26 bits per heavy atom. The van der Waals surface area contributed by atoms with Crippen molar-refractivity contribution < 1.29 is 14.7 Å². The third-order valence-electron chi connectivity index (χ3n) is 7.25. The van der Waals surface area contributed by atoms with Gasteiger partial charge in [0.15, 0.2) is 5.78 Å². The molecule has 4 aliphatic rings. The van der Waals surface area contributed by atoms with Gasteiger partial charge in [-0.3, -0.25) is 9.59 Å². The number of terminal acetylenes is 1. The third kappa shape index (κ3) is 2.01. The topological polar surface area (TPSA) is 54.4 Å². The van der Waals surface area contributed by atoms with Crippen LogP contribution < -0.4 is 0 Å². The fourth-order valence-corrected chi connectivity index (χ4v) is 6.24. The molecular formula is C20H24O3. The summed E-state index contributed by atoms with van der Waals surface area (Å²) in [6, 6.07) is 0. The van der Waals surface area contributed by atoms with Gasteiger partial charge in [0.2, 0.25) is 0 Å². The number of allylic oxidation sites excluding steroid dienone is 1. The van der Waals surface area contributed by atoms with Crippen molar-refractivity contribution >= 4 is 11.6 Å². The lowest BCUT2D eigenvalue weighted by Crippen LogP contribution is -2.55. The molecule has 0 radical (unpaired) electrons. The monoisotopic (exact) mass is 312 g/mol. The second-order valence-electron chi connectivity index (χ2n) is 8.22. The van der Waals surface area contributed by atoms with Gasteiger partial charge in [0.05, 0.1) is 6.10 Å². The first-order valence-electron chi connectivity index (χ1n) is 8.86. The van der Waals surface area contributed by atoms with Crippen LogP contribution in [0.5, 0.6) is 0 Å². The van der Waals surface area contributed by atoms with Crippen molar-refractivity contribution in [3.8, 4) is 12.3 Å². The fraction of sp³-hybridized carbons (Fsp3) is 0.700. The number of rotatable bonds is 0. The van der Waals surface area contributed by atoms with E-state index in [1.54, 1.807) is 6.08 Å². The van der Waals surface area contributed by atoms with E-state index in [0.29, 0.717) is 31.0 Å². The SMILES string of the molecule is C#C[C@@H]1CC2=CC(=O)CC[C@@H]2C2C1C1CCC(=O)[C@@]1(C)C[C@H]2O. The van der Waals surface area contributed by atoms with Crippen LogP contribution in [0.4, 0.5) is 0 Å². The molecule has 3 heteroatoms. The largest absolute Gasteiger partial charge is 0.393 e. The van der Waals surface area contributed by atoms with Crippen molar-refractivity contribution in [1.29, 1.82) is 0 Å². The number of Topliss-reactive ketones (excluding diaryl/α,β-unsaturated/α-hetero) is 1. The summed E-state index contributed by atoms with van der Waals surface area (Å²) in [7, 11) is 0. The number of carbonyl (C=O) groups is 2. The molecule has 4 aliphatic carbocycles. The highest BCUT2D eigenvalue weighted by Crippen LogP contribution is 2.61. The summed E-state index contributed by atoms with van der Waals surface area (Å²) in [5, 5.41) is 10.9. The van der Waals surface area contributed by atoms with E-state index in [0.717, 1.165) is 24.8 Å². The van der Waals surface area contributed by atoms with E-state index in [9.17, 15) is 14.7 Å². The molecule has 0 bridgehead atoms. The van der Waals surface area contributed by atoms with Crippen LogP contribution >= 0.6 is 0 Å². The van der Waals surface area contributed by atoms with Gasteiger partial charge < -0.3 is 5.11 Å². The van der Waals surface area contributed by atoms with Crippen molar-refractivity contribution in [1.82, 2.24) is 0 Å². The van der Waals surface area contributed by atoms with E-state index < -0.39 is 11.5 Å². The number of aliphatic hydroxyl groups is 1. The predicted molar refractivity (Wildman–Crippen MR) is 86.2 cm³/mol. The first-order chi connectivity index (χ1) is 11.0. The molecule has 0 amide bonds. The Hall–Kier alpha value is -1.40. The molecule has 3 saturated carbocycles. The summed E-state index contributed by atoms with van der Waals surface area (Å²) in [4.78, 5) is 24.2. The number of aliphatic hydroxyl groups excluding tert-OH is 1. The molecule has 0 heterocycles. The van der Waals surface area contributed by atoms with Crippen LogP contribution in [0, 0.1) is 47.3 Å². The molecule has 23 heavy (non-hydrogen) atoms. The smallest absolute Gasteiger partial charge is 0.155 e. The minimum absolute atomic E-state index is 0.0403. The molecule has 0 aromatic heterocycles. The number of hydrogen-bond donors (Lipinski definition) is 1. The zero-order chi connectivity index (χ0) is 16.4. The van der Waals surface area contributed by atoms with Crippen LogP contribution in [0.25, 0.3) is 0 Å². The Morgan fingerprint density at radius 2 is 2.04 bits per heavy atom. The lowest BCUT2D eigenvalue weighted by Gasteiger charge is -2.55. The highest BCUT2D eigenvalue weighted by Gasteiger charge is 2.61. The standard InChI is InChI=1S/C20H24O3/c1-3-11-8-12-9-13(21)4-5-14(12)19-16(22)10-20(2)15(18(11)19)6-7-17(20)23/h1,9,11,14-16,18-19,22H,4-8,10H2,2H3/t11-,14+,15?,16-,18?,19?,20+/m1/s1. The molecule has 3 unspecified atom stereocenters. The Kier molecular flexibility index (Phi) is 3.32. The van der Waals surface area contributed by atoms with Crippen LogP contribution in [-0.4, -0.2) is 22.8 Å². The van der Waals surface area contributed by atoms with Gasteiger partial charge in [-0.2, -0.15) is 0 Å². The van der Waals surface area contributed by atoms with Crippen molar-refractivity contribution in [2.24, 2.45) is 35.0 Å². The number of carbonyl (C=O) groups excluding carboxylic acids is 2. The van der Waals surface area contributed by atoms with E-state index in [1.165, 1.54) is 0 Å². The van der Waals surface area contributed by atoms with Gasteiger partial charge >= 0.3 is 0 Å². The molecular weight excluding hydrogens is 288 g/mol. The number of hydrogen-bond acceptors (Lipinski definition) is 3. The molecule has 3 fully saturated rings. The van der Waals surface area contributed by atoms with Gasteiger partial charge in [0.25, 0.3) is 0 Å². The highest BCUT2D eigenvalue weighted by molar-refractivity contribution is 5.91. The number of ketones is 2. The van der Waals surface area contributed by atoms with E-state index in [-0.39, 0.29) is 29.5 Å². The van der Waals surface area contributed by atoms with Crippen molar-refractivity contribution in [3.05, 3.63) is 11.6 Å². The summed E-state index contributed by atoms with van der Waals surface area (Å²) in [5.74, 6) is 4.38. The van der Waals surface area contributed by atoms with E-state index in [4.69, 9.17) is 6.42 Å². The minimum atomic E-state index is -0.485. The summed E-state index contributed by atoms with van der Waals surface area (Å²) >= 11 is 0. The molecule has 7 atom stereocenters. The zero-order valence-electron chi connectivity index (χ0n) is 13.6. The van der Waals surface area contributed by atoms with Crippen molar-refractivity contribution in [3.63, 3.8) is 0 Å². The first kappa shape index (κ1) is 15.1. The van der Waals surface area contributed by atoms with Gasteiger partial charge in [-0.15, -0.1) is 12.3 Å². The van der Waals surface area contributed by atoms with Gasteiger partial charge in [-0.05, 0) is 55.4 Å². The Bertz CT molecular complexity index is 640. The molecule has 3 nitrogen and oxygen atoms in total. The lowest BCUT2D eigenvalue weighted by molar-refractivity contribution is -0.142. The second-order valence-corrected chi connectivity index (χ2v) is 8.22. The summed E-state index contributed by atoms with van der Waals surface area (Å²) < 4.78 is 0. The van der Waals surface area contributed by atoms with Crippen LogP contribution in [0.15, 0.2) is 11.6 Å². The summed E-state index contributed by atoms with van der Waals surface area (Å²) in [6.45, 7) is 2.04.